The van der Waals surface area contributed by atoms with Gasteiger partial charge in [-0.25, -0.2) is 42.0 Å². The van der Waals surface area contributed by atoms with Crippen LogP contribution in [-0.4, -0.2) is 61.0 Å². The van der Waals surface area contributed by atoms with Crippen LogP contribution in [0.2, 0.25) is 0 Å². The molecule has 40 heavy (non-hydrogen) atoms. The van der Waals surface area contributed by atoms with E-state index in [4.69, 9.17) is 15.0 Å². The Morgan fingerprint density at radius 1 is 1.23 bits per heavy atom. The maximum Gasteiger partial charge on any atom is 0.231 e. The molecule has 10 nitrogen and oxygen atoms in total. The molecule has 1 aliphatic heterocycles. The lowest BCUT2D eigenvalue weighted by atomic mass is 10.0. The van der Waals surface area contributed by atoms with E-state index < -0.39 is 29.1 Å². The number of morpholine rings is 1. The molecule has 3 atom stereocenters. The number of rotatable bonds is 8. The highest BCUT2D eigenvalue weighted by Gasteiger charge is 2.26. The summed E-state index contributed by atoms with van der Waals surface area (Å²) >= 11 is -2.29. The van der Waals surface area contributed by atoms with Gasteiger partial charge in [-0.3, -0.25) is 4.55 Å². The number of nitrogens with two attached hydrogens (primary N) is 1. The molecule has 4 N–H and O–H groups in total. The number of ether oxygens (including phenoxy) is 1. The molecule has 1 aromatic carbocycles. The monoisotopic (exact) mass is 573 g/mol. The lowest BCUT2D eigenvalue weighted by Gasteiger charge is -2.34. The lowest BCUT2D eigenvalue weighted by molar-refractivity contribution is 0.0987. The predicted molar refractivity (Wildman–Crippen MR) is 145 cm³/mol. The van der Waals surface area contributed by atoms with Crippen LogP contribution in [0.15, 0.2) is 42.6 Å². The second kappa shape index (κ2) is 11.8. The minimum atomic E-state index is -2.29. The normalized spacial score (nSPS) is 17.2. The van der Waals surface area contributed by atoms with Crippen molar-refractivity contribution in [3.8, 4) is 22.6 Å². The van der Waals surface area contributed by atoms with E-state index in [9.17, 15) is 13.0 Å². The first-order chi connectivity index (χ1) is 19.2. The van der Waals surface area contributed by atoms with Gasteiger partial charge in [0.2, 0.25) is 11.3 Å². The Morgan fingerprint density at radius 2 is 2.05 bits per heavy atom. The van der Waals surface area contributed by atoms with Crippen molar-refractivity contribution < 1.29 is 26.7 Å². The van der Waals surface area contributed by atoms with Crippen LogP contribution in [0.1, 0.15) is 25.1 Å². The van der Waals surface area contributed by atoms with Gasteiger partial charge in [0.1, 0.15) is 29.1 Å². The number of aromatic nitrogens is 4. The first-order valence-corrected chi connectivity index (χ1v) is 13.6. The van der Waals surface area contributed by atoms with Crippen molar-refractivity contribution in [2.75, 3.05) is 36.9 Å². The van der Waals surface area contributed by atoms with Gasteiger partial charge in [0.15, 0.2) is 11.6 Å². The van der Waals surface area contributed by atoms with Crippen LogP contribution >= 0.6 is 0 Å². The standard InChI is InChI=1S/C26H26F3N7O3S/c1-14-13-39-10-9-36(14)26-24-21(34-25(35-26)17-12-31-22(30)11-19(17)28)6-5-20(33-24)16-4-2-3-15(23(16)29)18(27)7-8-32-40(37)38/h2-6,11-12,14,18,32H,7-10,13H2,1H3,(H2,30,31)(H,37,38). The Kier molecular flexibility index (Phi) is 8.21. The molecular formula is C26H26F3N7O3S. The van der Waals surface area contributed by atoms with Crippen molar-refractivity contribution in [1.82, 2.24) is 24.7 Å². The molecule has 210 valence electrons. The van der Waals surface area contributed by atoms with Crippen LogP contribution in [-0.2, 0) is 16.0 Å². The van der Waals surface area contributed by atoms with Gasteiger partial charge < -0.3 is 15.4 Å². The highest BCUT2D eigenvalue weighted by Crippen LogP contribution is 2.34. The average molecular weight is 574 g/mol. The van der Waals surface area contributed by atoms with E-state index in [1.54, 1.807) is 12.1 Å². The summed E-state index contributed by atoms with van der Waals surface area (Å²) in [7, 11) is 0. The summed E-state index contributed by atoms with van der Waals surface area (Å²) in [5.74, 6) is -0.892. The molecular weight excluding hydrogens is 547 g/mol. The SMILES string of the molecule is CC1COCCN1c1nc(-c2cnc(N)cc2F)nc2ccc(-c3cccc(C(F)CCNS(=O)O)c3F)nc12. The Balaban J connectivity index is 1.60. The van der Waals surface area contributed by atoms with E-state index in [0.717, 1.165) is 6.07 Å². The smallest absolute Gasteiger partial charge is 0.231 e. The van der Waals surface area contributed by atoms with Crippen LogP contribution in [0.4, 0.5) is 24.8 Å². The molecule has 3 aromatic heterocycles. The molecule has 1 aliphatic rings. The number of alkyl halides is 1. The van der Waals surface area contributed by atoms with E-state index in [2.05, 4.69) is 24.7 Å². The summed E-state index contributed by atoms with van der Waals surface area (Å²) in [6.45, 7) is 3.20. The molecule has 14 heteroatoms. The summed E-state index contributed by atoms with van der Waals surface area (Å²) in [5.41, 5.74) is 6.53. The van der Waals surface area contributed by atoms with Gasteiger partial charge >= 0.3 is 0 Å². The zero-order valence-corrected chi connectivity index (χ0v) is 22.2. The highest BCUT2D eigenvalue weighted by molar-refractivity contribution is 7.77. The van der Waals surface area contributed by atoms with Gasteiger partial charge in [0.25, 0.3) is 0 Å². The first kappa shape index (κ1) is 27.8. The lowest BCUT2D eigenvalue weighted by Crippen LogP contribution is -2.44. The molecule has 1 saturated heterocycles. The van der Waals surface area contributed by atoms with E-state index in [1.165, 1.54) is 24.4 Å². The number of pyridine rings is 2. The van der Waals surface area contributed by atoms with Gasteiger partial charge in [-0.1, -0.05) is 12.1 Å². The maximum absolute atomic E-state index is 15.5. The minimum Gasteiger partial charge on any atom is -0.384 e. The fourth-order valence-corrected chi connectivity index (χ4v) is 4.83. The maximum atomic E-state index is 15.5. The summed E-state index contributed by atoms with van der Waals surface area (Å²) in [5, 5.41) is 0. The Labute approximate surface area is 230 Å². The van der Waals surface area contributed by atoms with Gasteiger partial charge in [0.05, 0.1) is 36.0 Å². The number of halogens is 3. The number of anilines is 2. The average Bonchev–Trinajstić information content (AvgIpc) is 2.92. The topological polar surface area (TPSA) is 139 Å². The number of fused-ring (bicyclic) bond motifs is 1. The van der Waals surface area contributed by atoms with Gasteiger partial charge in [-0.15, -0.1) is 0 Å². The van der Waals surface area contributed by atoms with Crippen molar-refractivity contribution >= 4 is 33.9 Å². The van der Waals surface area contributed by atoms with Gasteiger partial charge in [0, 0.05) is 36.5 Å². The zero-order valence-electron chi connectivity index (χ0n) is 21.4. The Bertz CT molecular complexity index is 1580. The summed E-state index contributed by atoms with van der Waals surface area (Å²) in [6.07, 6.45) is -0.651. The fourth-order valence-electron chi connectivity index (χ4n) is 4.54. The van der Waals surface area contributed by atoms with Crippen molar-refractivity contribution in [3.63, 3.8) is 0 Å². The number of hydrogen-bond donors (Lipinski definition) is 3. The predicted octanol–water partition coefficient (Wildman–Crippen LogP) is 3.97. The second-order valence-corrected chi connectivity index (χ2v) is 10.0. The van der Waals surface area contributed by atoms with Gasteiger partial charge in [-0.2, -0.15) is 0 Å². The largest absolute Gasteiger partial charge is 0.384 e. The van der Waals surface area contributed by atoms with E-state index in [1.807, 2.05) is 11.8 Å². The third-order valence-electron chi connectivity index (χ3n) is 6.54. The summed E-state index contributed by atoms with van der Waals surface area (Å²) in [4.78, 5) is 19.8. The van der Waals surface area contributed by atoms with Crippen LogP contribution in [0.25, 0.3) is 33.7 Å². The zero-order chi connectivity index (χ0) is 28.4. The molecule has 0 spiro atoms. The summed E-state index contributed by atoms with van der Waals surface area (Å²) < 4.78 is 72.5. The number of benzene rings is 1. The number of hydrogen-bond acceptors (Lipinski definition) is 8. The van der Waals surface area contributed by atoms with Crippen molar-refractivity contribution in [1.29, 1.82) is 0 Å². The van der Waals surface area contributed by atoms with Crippen molar-refractivity contribution in [2.45, 2.75) is 25.6 Å². The van der Waals surface area contributed by atoms with Crippen LogP contribution in [0, 0.1) is 11.6 Å². The number of nitrogen functional groups attached to an aromatic ring is 1. The molecule has 0 bridgehead atoms. The number of nitrogens with zero attached hydrogens (tertiary/aromatic N) is 5. The molecule has 5 rings (SSSR count). The molecule has 0 aliphatic carbocycles. The molecule has 0 amide bonds. The van der Waals surface area contributed by atoms with Crippen LogP contribution in [0.3, 0.4) is 0 Å². The van der Waals surface area contributed by atoms with E-state index >= 15 is 4.39 Å². The van der Waals surface area contributed by atoms with Gasteiger partial charge in [-0.05, 0) is 31.5 Å². The minimum absolute atomic E-state index is 0.0229. The van der Waals surface area contributed by atoms with E-state index in [0.29, 0.717) is 36.6 Å². The van der Waals surface area contributed by atoms with Crippen molar-refractivity contribution in [2.24, 2.45) is 0 Å². The second-order valence-electron chi connectivity index (χ2n) is 9.25. The summed E-state index contributed by atoms with van der Waals surface area (Å²) in [6, 6.07) is 8.51. The third kappa shape index (κ3) is 5.75. The molecule has 3 unspecified atom stereocenters. The van der Waals surface area contributed by atoms with Crippen molar-refractivity contribution in [3.05, 3.63) is 59.8 Å². The third-order valence-corrected chi connectivity index (χ3v) is 7.00. The fraction of sp³-hybridized carbons (Fsp3) is 0.308. The highest BCUT2D eigenvalue weighted by atomic mass is 32.2. The quantitative estimate of drug-likeness (QED) is 0.267. The first-order valence-electron chi connectivity index (χ1n) is 12.4. The van der Waals surface area contributed by atoms with Crippen LogP contribution < -0.4 is 15.4 Å². The Morgan fingerprint density at radius 3 is 2.80 bits per heavy atom. The van der Waals surface area contributed by atoms with E-state index in [-0.39, 0.29) is 53.0 Å². The molecule has 0 saturated carbocycles. The molecule has 0 radical (unpaired) electrons. The Hall–Kier alpha value is -3.72. The molecule has 4 aromatic rings. The number of nitrogens with one attached hydrogen (secondary N) is 1. The van der Waals surface area contributed by atoms with Crippen LogP contribution in [0.5, 0.6) is 0 Å². The molecule has 4 heterocycles. The molecule has 1 fully saturated rings.